The van der Waals surface area contributed by atoms with E-state index in [1.165, 1.54) is 22.4 Å². The van der Waals surface area contributed by atoms with Gasteiger partial charge in [0, 0.05) is 50.0 Å². The molecule has 192 valence electrons. The quantitative estimate of drug-likeness (QED) is 0.474. The molecule has 3 atom stereocenters. The number of carbonyl (C=O) groups excluding carboxylic acids is 1. The van der Waals surface area contributed by atoms with Crippen molar-refractivity contribution < 1.29 is 9.53 Å². The van der Waals surface area contributed by atoms with Crippen molar-refractivity contribution in [2.75, 3.05) is 43.4 Å². The number of rotatable bonds is 6. The smallest absolute Gasteiger partial charge is 0.408 e. The standard InChI is InChI=1S/C29H33N5O2S/c35-29(36-27-20-37-28(32-27)23-9-5-12-30-18-23)31-13-6-14-33-15-16-34-25-11-4-2-8-22(25)17-21-7-1-3-10-24(21)26(34)19-33/h1-5,7-12,18,26-28,32H,6,13-17,19-20H2,(H,31,35). The highest BCUT2D eigenvalue weighted by molar-refractivity contribution is 7.99. The normalized spacial score (nSPS) is 22.9. The van der Waals surface area contributed by atoms with Crippen LogP contribution in [0.4, 0.5) is 10.5 Å². The predicted molar refractivity (Wildman–Crippen MR) is 148 cm³/mol. The fourth-order valence-electron chi connectivity index (χ4n) is 5.67. The third-order valence-electron chi connectivity index (χ3n) is 7.47. The zero-order chi connectivity index (χ0) is 25.0. The fourth-order valence-corrected chi connectivity index (χ4v) is 6.78. The lowest BCUT2D eigenvalue weighted by Crippen LogP contribution is -2.49. The van der Waals surface area contributed by atoms with Gasteiger partial charge in [0.25, 0.3) is 0 Å². The van der Waals surface area contributed by atoms with Crippen LogP contribution in [0.15, 0.2) is 73.1 Å². The minimum absolute atomic E-state index is 0.103. The number of hydrogen-bond donors (Lipinski definition) is 2. The van der Waals surface area contributed by atoms with Crippen LogP contribution in [-0.4, -0.2) is 60.7 Å². The summed E-state index contributed by atoms with van der Waals surface area (Å²) < 4.78 is 5.59. The Kier molecular flexibility index (Phi) is 7.30. The number of hydrogen-bond acceptors (Lipinski definition) is 7. The van der Waals surface area contributed by atoms with E-state index in [1.54, 1.807) is 18.0 Å². The molecule has 3 aromatic rings. The minimum Gasteiger partial charge on any atom is -0.429 e. The maximum atomic E-state index is 12.4. The number of piperazine rings is 1. The first-order valence-corrected chi connectivity index (χ1v) is 14.2. The van der Waals surface area contributed by atoms with E-state index < -0.39 is 0 Å². The first kappa shape index (κ1) is 24.3. The number of fused-ring (bicyclic) bond motifs is 5. The van der Waals surface area contributed by atoms with E-state index in [0.29, 0.717) is 12.6 Å². The summed E-state index contributed by atoms with van der Waals surface area (Å²) in [6.45, 7) is 4.59. The number of pyridine rings is 1. The number of aromatic nitrogens is 1. The number of anilines is 1. The van der Waals surface area contributed by atoms with E-state index >= 15 is 0 Å². The second-order valence-corrected chi connectivity index (χ2v) is 11.0. The molecule has 2 N–H and O–H groups in total. The fraction of sp³-hybridized carbons (Fsp3) is 0.379. The highest BCUT2D eigenvalue weighted by atomic mass is 32.2. The lowest BCUT2D eigenvalue weighted by Gasteiger charge is -2.43. The first-order chi connectivity index (χ1) is 18.2. The average Bonchev–Trinajstić information content (AvgIpc) is 3.35. The average molecular weight is 516 g/mol. The Morgan fingerprint density at radius 1 is 1.08 bits per heavy atom. The van der Waals surface area contributed by atoms with Crippen LogP contribution in [0.5, 0.6) is 0 Å². The molecule has 7 nitrogen and oxygen atoms in total. The van der Waals surface area contributed by atoms with Crippen LogP contribution >= 0.6 is 11.8 Å². The first-order valence-electron chi connectivity index (χ1n) is 13.1. The minimum atomic E-state index is -0.357. The second kappa shape index (κ2) is 11.1. The number of benzene rings is 2. The van der Waals surface area contributed by atoms with Crippen LogP contribution in [0.1, 0.15) is 40.1 Å². The molecule has 0 saturated carbocycles. The Hall–Kier alpha value is -3.07. The molecule has 0 radical (unpaired) electrons. The number of nitrogens with one attached hydrogen (secondary N) is 2. The van der Waals surface area contributed by atoms with Gasteiger partial charge in [0.05, 0.1) is 11.4 Å². The molecule has 37 heavy (non-hydrogen) atoms. The lowest BCUT2D eigenvalue weighted by molar-refractivity contribution is 0.0936. The van der Waals surface area contributed by atoms with Crippen molar-refractivity contribution in [3.8, 4) is 0 Å². The van der Waals surface area contributed by atoms with Crippen LogP contribution in [-0.2, 0) is 11.2 Å². The van der Waals surface area contributed by atoms with Gasteiger partial charge >= 0.3 is 6.09 Å². The second-order valence-electron chi connectivity index (χ2n) is 9.85. The Morgan fingerprint density at radius 3 is 2.84 bits per heavy atom. The number of thioether (sulfide) groups is 1. The SMILES string of the molecule is O=C(NCCCN1CCN2c3ccccc3Cc3ccccc3C2C1)OC1CSC(c2cccnc2)N1. The molecule has 8 heteroatoms. The molecule has 4 heterocycles. The molecule has 2 aromatic carbocycles. The van der Waals surface area contributed by atoms with Crippen molar-refractivity contribution in [2.45, 2.75) is 30.5 Å². The van der Waals surface area contributed by atoms with Gasteiger partial charge in [-0.3, -0.25) is 15.2 Å². The Bertz CT molecular complexity index is 1230. The third-order valence-corrected chi connectivity index (χ3v) is 8.71. The summed E-state index contributed by atoms with van der Waals surface area (Å²) in [7, 11) is 0. The summed E-state index contributed by atoms with van der Waals surface area (Å²) in [5.41, 5.74) is 6.75. The molecular weight excluding hydrogens is 482 g/mol. The summed E-state index contributed by atoms with van der Waals surface area (Å²) >= 11 is 1.73. The van der Waals surface area contributed by atoms with Crippen LogP contribution in [0.2, 0.25) is 0 Å². The maximum absolute atomic E-state index is 12.4. The molecule has 3 unspecified atom stereocenters. The van der Waals surface area contributed by atoms with E-state index in [9.17, 15) is 4.79 Å². The van der Waals surface area contributed by atoms with E-state index in [-0.39, 0.29) is 17.7 Å². The van der Waals surface area contributed by atoms with Crippen molar-refractivity contribution >= 4 is 23.5 Å². The van der Waals surface area contributed by atoms with Crippen LogP contribution < -0.4 is 15.5 Å². The topological polar surface area (TPSA) is 69.7 Å². The van der Waals surface area contributed by atoms with Crippen LogP contribution in [0, 0.1) is 0 Å². The summed E-state index contributed by atoms with van der Waals surface area (Å²) in [5, 5.41) is 6.40. The van der Waals surface area contributed by atoms with E-state index in [0.717, 1.165) is 50.3 Å². The highest BCUT2D eigenvalue weighted by Gasteiger charge is 2.33. The molecule has 0 aliphatic carbocycles. The number of nitrogens with zero attached hydrogens (tertiary/aromatic N) is 3. The molecule has 3 aliphatic heterocycles. The van der Waals surface area contributed by atoms with Crippen molar-refractivity contribution in [3.05, 3.63) is 95.3 Å². The van der Waals surface area contributed by atoms with Crippen LogP contribution in [0.25, 0.3) is 0 Å². The van der Waals surface area contributed by atoms with Crippen molar-refractivity contribution in [1.29, 1.82) is 0 Å². The number of ether oxygens (including phenoxy) is 1. The summed E-state index contributed by atoms with van der Waals surface area (Å²) in [5.74, 6) is 0.725. The maximum Gasteiger partial charge on any atom is 0.408 e. The van der Waals surface area contributed by atoms with Gasteiger partial charge in [-0.05, 0) is 53.8 Å². The Morgan fingerprint density at radius 2 is 1.95 bits per heavy atom. The van der Waals surface area contributed by atoms with E-state index in [4.69, 9.17) is 4.74 Å². The van der Waals surface area contributed by atoms with Gasteiger partial charge < -0.3 is 15.0 Å². The molecular formula is C29H33N5O2S. The lowest BCUT2D eigenvalue weighted by atomic mass is 9.96. The largest absolute Gasteiger partial charge is 0.429 e. The van der Waals surface area contributed by atoms with Crippen LogP contribution in [0.3, 0.4) is 0 Å². The molecule has 1 aromatic heterocycles. The number of carbonyl (C=O) groups is 1. The summed E-state index contributed by atoms with van der Waals surface area (Å²) in [6.07, 6.45) is 4.84. The molecule has 3 aliphatic rings. The molecule has 0 spiro atoms. The van der Waals surface area contributed by atoms with Gasteiger partial charge in [-0.1, -0.05) is 48.5 Å². The summed E-state index contributed by atoms with van der Waals surface area (Å²) in [6, 6.07) is 22.1. The molecule has 2 fully saturated rings. The monoisotopic (exact) mass is 515 g/mol. The zero-order valence-corrected chi connectivity index (χ0v) is 21.7. The zero-order valence-electron chi connectivity index (χ0n) is 20.9. The van der Waals surface area contributed by atoms with Gasteiger partial charge in [0.2, 0.25) is 0 Å². The summed E-state index contributed by atoms with van der Waals surface area (Å²) in [4.78, 5) is 21.7. The van der Waals surface area contributed by atoms with Crippen molar-refractivity contribution in [3.63, 3.8) is 0 Å². The predicted octanol–water partition coefficient (Wildman–Crippen LogP) is 4.33. The molecule has 6 rings (SSSR count). The number of alkyl carbamates (subject to hydrolysis) is 1. The molecule has 0 bridgehead atoms. The van der Waals surface area contributed by atoms with Crippen molar-refractivity contribution in [1.82, 2.24) is 20.5 Å². The van der Waals surface area contributed by atoms with Gasteiger partial charge in [-0.2, -0.15) is 0 Å². The van der Waals surface area contributed by atoms with Crippen molar-refractivity contribution in [2.24, 2.45) is 0 Å². The van der Waals surface area contributed by atoms with Gasteiger partial charge in [0.15, 0.2) is 6.23 Å². The van der Waals surface area contributed by atoms with Gasteiger partial charge in [-0.15, -0.1) is 11.8 Å². The number of para-hydroxylation sites is 1. The number of amides is 1. The van der Waals surface area contributed by atoms with E-state index in [2.05, 4.69) is 73.9 Å². The Labute approximate surface area is 222 Å². The molecule has 2 saturated heterocycles. The third kappa shape index (κ3) is 5.46. The molecule has 1 amide bonds. The Balaban J connectivity index is 0.986. The van der Waals surface area contributed by atoms with Gasteiger partial charge in [0.1, 0.15) is 0 Å². The highest BCUT2D eigenvalue weighted by Crippen LogP contribution is 2.39. The van der Waals surface area contributed by atoms with Gasteiger partial charge in [-0.25, -0.2) is 4.79 Å². The van der Waals surface area contributed by atoms with E-state index in [1.807, 2.05) is 18.3 Å².